The molecular formula is C22H26N8. The van der Waals surface area contributed by atoms with Gasteiger partial charge in [0.25, 0.3) is 0 Å². The number of para-hydroxylation sites is 1. The van der Waals surface area contributed by atoms with Crippen molar-refractivity contribution in [3.8, 4) is 0 Å². The molecule has 1 saturated heterocycles. The maximum Gasteiger partial charge on any atom is 0.250 e. The molecule has 0 radical (unpaired) electrons. The SMILES string of the molecule is C/C(=N\Nc1nc(Nc2ccccc2)nc(N2CCCCC2)n1)c1ccc(N)cc1. The lowest BCUT2D eigenvalue weighted by Crippen LogP contribution is -2.31. The summed E-state index contributed by atoms with van der Waals surface area (Å²) in [4.78, 5) is 15.9. The van der Waals surface area contributed by atoms with Gasteiger partial charge in [0.15, 0.2) is 0 Å². The molecule has 154 valence electrons. The molecule has 30 heavy (non-hydrogen) atoms. The molecule has 2 heterocycles. The van der Waals surface area contributed by atoms with Crippen molar-refractivity contribution >= 4 is 34.9 Å². The number of hydrogen-bond donors (Lipinski definition) is 3. The van der Waals surface area contributed by atoms with Gasteiger partial charge in [-0.15, -0.1) is 0 Å². The van der Waals surface area contributed by atoms with Crippen LogP contribution in [0.25, 0.3) is 0 Å². The van der Waals surface area contributed by atoms with Gasteiger partial charge in [-0.2, -0.15) is 20.1 Å². The van der Waals surface area contributed by atoms with Gasteiger partial charge in [-0.25, -0.2) is 5.43 Å². The number of rotatable bonds is 6. The predicted octanol–water partition coefficient (Wildman–Crippen LogP) is 4.02. The predicted molar refractivity (Wildman–Crippen MR) is 122 cm³/mol. The summed E-state index contributed by atoms with van der Waals surface area (Å²) in [5.41, 5.74) is 12.2. The van der Waals surface area contributed by atoms with E-state index in [2.05, 4.69) is 35.7 Å². The van der Waals surface area contributed by atoms with E-state index in [4.69, 9.17) is 5.73 Å². The molecule has 4 rings (SSSR count). The van der Waals surface area contributed by atoms with Crippen molar-refractivity contribution in [2.24, 2.45) is 5.10 Å². The Kier molecular flexibility index (Phi) is 6.03. The molecule has 1 fully saturated rings. The van der Waals surface area contributed by atoms with Gasteiger partial charge < -0.3 is 16.0 Å². The fraction of sp³-hybridized carbons (Fsp3) is 0.273. The van der Waals surface area contributed by atoms with Crippen LogP contribution >= 0.6 is 0 Å². The van der Waals surface area contributed by atoms with E-state index in [9.17, 15) is 0 Å². The Balaban J connectivity index is 1.59. The highest BCUT2D eigenvalue weighted by molar-refractivity contribution is 5.99. The molecular weight excluding hydrogens is 376 g/mol. The third-order valence-corrected chi connectivity index (χ3v) is 4.94. The summed E-state index contributed by atoms with van der Waals surface area (Å²) in [6, 6.07) is 17.4. The lowest BCUT2D eigenvalue weighted by Gasteiger charge is -2.26. The van der Waals surface area contributed by atoms with E-state index in [1.165, 1.54) is 6.42 Å². The lowest BCUT2D eigenvalue weighted by atomic mass is 10.1. The molecule has 4 N–H and O–H groups in total. The number of nitrogens with two attached hydrogens (primary N) is 1. The van der Waals surface area contributed by atoms with Gasteiger partial charge in [-0.3, -0.25) is 0 Å². The normalized spacial score (nSPS) is 14.4. The smallest absolute Gasteiger partial charge is 0.250 e. The minimum Gasteiger partial charge on any atom is -0.399 e. The second kappa shape index (κ2) is 9.21. The van der Waals surface area contributed by atoms with Crippen LogP contribution in [0.1, 0.15) is 31.7 Å². The average Bonchev–Trinajstić information content (AvgIpc) is 2.79. The largest absolute Gasteiger partial charge is 0.399 e. The fourth-order valence-electron chi connectivity index (χ4n) is 3.28. The third-order valence-electron chi connectivity index (χ3n) is 4.94. The molecule has 3 aromatic rings. The highest BCUT2D eigenvalue weighted by Crippen LogP contribution is 2.20. The molecule has 1 aromatic heterocycles. The molecule has 0 unspecified atom stereocenters. The van der Waals surface area contributed by atoms with Gasteiger partial charge in [-0.05, 0) is 56.0 Å². The number of nitrogen functional groups attached to an aromatic ring is 1. The Morgan fingerprint density at radius 3 is 2.33 bits per heavy atom. The maximum absolute atomic E-state index is 5.77. The van der Waals surface area contributed by atoms with E-state index in [0.29, 0.717) is 17.8 Å². The number of hydrogen-bond acceptors (Lipinski definition) is 8. The van der Waals surface area contributed by atoms with E-state index in [0.717, 1.165) is 48.6 Å². The molecule has 1 aliphatic heterocycles. The first kappa shape index (κ1) is 19.6. The Morgan fingerprint density at radius 1 is 0.900 bits per heavy atom. The molecule has 0 spiro atoms. The Bertz CT molecular complexity index is 995. The van der Waals surface area contributed by atoms with Crippen LogP contribution in [0.4, 0.5) is 29.2 Å². The Morgan fingerprint density at radius 2 is 1.60 bits per heavy atom. The van der Waals surface area contributed by atoms with Crippen molar-refractivity contribution in [3.63, 3.8) is 0 Å². The summed E-state index contributed by atoms with van der Waals surface area (Å²) in [5.74, 6) is 1.55. The molecule has 2 aromatic carbocycles. The van der Waals surface area contributed by atoms with Crippen LogP contribution < -0.4 is 21.4 Å². The molecule has 0 bridgehead atoms. The molecule has 0 saturated carbocycles. The zero-order chi connectivity index (χ0) is 20.8. The molecule has 0 amide bonds. The van der Waals surface area contributed by atoms with Crippen molar-refractivity contribution in [3.05, 3.63) is 60.2 Å². The summed E-state index contributed by atoms with van der Waals surface area (Å²) in [6.07, 6.45) is 3.53. The molecule has 8 nitrogen and oxygen atoms in total. The number of benzene rings is 2. The molecule has 1 aliphatic rings. The summed E-state index contributed by atoms with van der Waals surface area (Å²) < 4.78 is 0. The third kappa shape index (κ3) is 5.02. The van der Waals surface area contributed by atoms with Crippen LogP contribution in [0.2, 0.25) is 0 Å². The van der Waals surface area contributed by atoms with Gasteiger partial charge in [0.1, 0.15) is 0 Å². The van der Waals surface area contributed by atoms with Crippen LogP contribution in [0.15, 0.2) is 59.7 Å². The fourth-order valence-corrected chi connectivity index (χ4v) is 3.28. The van der Waals surface area contributed by atoms with Crippen molar-refractivity contribution in [1.82, 2.24) is 15.0 Å². The van der Waals surface area contributed by atoms with Gasteiger partial charge in [0.2, 0.25) is 17.8 Å². The quantitative estimate of drug-likeness (QED) is 0.325. The van der Waals surface area contributed by atoms with Crippen molar-refractivity contribution in [2.45, 2.75) is 26.2 Å². The standard InChI is InChI=1S/C22H26N8/c1-16(17-10-12-18(23)13-11-17)28-29-21-25-20(24-19-8-4-2-5-9-19)26-22(27-21)30-14-6-3-7-15-30/h2,4-5,8-13H,3,6-7,14-15,23H2,1H3,(H2,24,25,26,27,29)/b28-16+. The van der Waals surface area contributed by atoms with Crippen molar-refractivity contribution in [1.29, 1.82) is 0 Å². The minimum absolute atomic E-state index is 0.402. The van der Waals surface area contributed by atoms with Crippen LogP contribution in [0.5, 0.6) is 0 Å². The highest BCUT2D eigenvalue weighted by Gasteiger charge is 2.16. The number of hydrazone groups is 1. The number of anilines is 5. The number of nitrogens with zero attached hydrogens (tertiary/aromatic N) is 5. The molecule has 8 heteroatoms. The maximum atomic E-state index is 5.77. The Labute approximate surface area is 176 Å². The first-order chi connectivity index (χ1) is 14.7. The van der Waals surface area contributed by atoms with E-state index >= 15 is 0 Å². The topological polar surface area (TPSA) is 104 Å². The summed E-state index contributed by atoms with van der Waals surface area (Å²) in [5, 5.41) is 7.71. The summed E-state index contributed by atoms with van der Waals surface area (Å²) in [6.45, 7) is 3.82. The number of piperidine rings is 1. The van der Waals surface area contributed by atoms with Crippen LogP contribution in [-0.4, -0.2) is 33.8 Å². The molecule has 0 aliphatic carbocycles. The Hall–Kier alpha value is -3.68. The average molecular weight is 403 g/mol. The lowest BCUT2D eigenvalue weighted by molar-refractivity contribution is 0.568. The first-order valence-corrected chi connectivity index (χ1v) is 10.2. The van der Waals surface area contributed by atoms with Crippen LogP contribution in [0, 0.1) is 0 Å². The second-order valence-corrected chi connectivity index (χ2v) is 7.25. The molecule has 0 atom stereocenters. The van der Waals surface area contributed by atoms with E-state index in [-0.39, 0.29) is 0 Å². The number of nitrogens with one attached hydrogen (secondary N) is 2. The first-order valence-electron chi connectivity index (χ1n) is 10.2. The van der Waals surface area contributed by atoms with E-state index in [1.807, 2.05) is 61.5 Å². The summed E-state index contributed by atoms with van der Waals surface area (Å²) in [7, 11) is 0. The van der Waals surface area contributed by atoms with Gasteiger partial charge in [0, 0.05) is 24.5 Å². The second-order valence-electron chi connectivity index (χ2n) is 7.25. The van der Waals surface area contributed by atoms with E-state index in [1.54, 1.807) is 0 Å². The highest BCUT2D eigenvalue weighted by atomic mass is 15.4. The monoisotopic (exact) mass is 402 g/mol. The zero-order valence-corrected chi connectivity index (χ0v) is 17.0. The van der Waals surface area contributed by atoms with Gasteiger partial charge in [0.05, 0.1) is 5.71 Å². The van der Waals surface area contributed by atoms with Crippen LogP contribution in [-0.2, 0) is 0 Å². The minimum atomic E-state index is 0.402. The van der Waals surface area contributed by atoms with E-state index < -0.39 is 0 Å². The summed E-state index contributed by atoms with van der Waals surface area (Å²) >= 11 is 0. The van der Waals surface area contributed by atoms with Crippen molar-refractivity contribution in [2.75, 3.05) is 34.5 Å². The van der Waals surface area contributed by atoms with Gasteiger partial charge in [-0.1, -0.05) is 30.3 Å². The van der Waals surface area contributed by atoms with Crippen molar-refractivity contribution < 1.29 is 0 Å². The van der Waals surface area contributed by atoms with Gasteiger partial charge >= 0.3 is 0 Å². The van der Waals surface area contributed by atoms with Crippen LogP contribution in [0.3, 0.4) is 0 Å². The number of aromatic nitrogens is 3. The zero-order valence-electron chi connectivity index (χ0n) is 17.0.